The second kappa shape index (κ2) is 12.2. The minimum absolute atomic E-state index is 0.0437. The Morgan fingerprint density at radius 3 is 2.20 bits per heavy atom. The largest absolute Gasteiger partial charge is 0.439 e. The average molecular weight is 550 g/mol. The number of halogens is 1. The highest BCUT2D eigenvalue weighted by Gasteiger charge is 2.28. The third-order valence-corrected chi connectivity index (χ3v) is 6.72. The predicted octanol–water partition coefficient (Wildman–Crippen LogP) is 5.27. The number of hydrogen-bond donors (Lipinski definition) is 1. The summed E-state index contributed by atoms with van der Waals surface area (Å²) in [6.07, 6.45) is 3.83. The molecule has 0 radical (unpaired) electrons. The van der Waals surface area contributed by atoms with Crippen molar-refractivity contribution in [2.75, 3.05) is 18.4 Å². The average Bonchev–Trinajstić information content (AvgIpc) is 3.02. The van der Waals surface area contributed by atoms with Crippen LogP contribution in [0.25, 0.3) is 0 Å². The van der Waals surface area contributed by atoms with Gasteiger partial charge in [-0.2, -0.15) is 5.26 Å². The summed E-state index contributed by atoms with van der Waals surface area (Å²) >= 11 is 0. The molecule has 1 aliphatic heterocycles. The van der Waals surface area contributed by atoms with Gasteiger partial charge in [0.25, 0.3) is 11.8 Å². The van der Waals surface area contributed by atoms with E-state index < -0.39 is 11.7 Å². The van der Waals surface area contributed by atoms with Gasteiger partial charge in [-0.1, -0.05) is 0 Å². The summed E-state index contributed by atoms with van der Waals surface area (Å²) in [6, 6.07) is 20.4. The van der Waals surface area contributed by atoms with Crippen molar-refractivity contribution >= 4 is 23.3 Å². The first kappa shape index (κ1) is 27.1. The van der Waals surface area contributed by atoms with E-state index in [4.69, 9.17) is 10.00 Å². The number of carbonyl (C=O) groups excluding carboxylic acids is 3. The quantitative estimate of drug-likeness (QED) is 0.312. The molecule has 41 heavy (non-hydrogen) atoms. The van der Waals surface area contributed by atoms with Crippen molar-refractivity contribution in [2.45, 2.75) is 12.8 Å². The second-order valence-corrected chi connectivity index (χ2v) is 9.45. The van der Waals surface area contributed by atoms with Gasteiger partial charge in [-0.3, -0.25) is 19.4 Å². The van der Waals surface area contributed by atoms with Crippen molar-refractivity contribution in [2.24, 2.45) is 5.92 Å². The van der Waals surface area contributed by atoms with Gasteiger partial charge in [0.05, 0.1) is 29.1 Å². The van der Waals surface area contributed by atoms with E-state index in [-0.39, 0.29) is 23.3 Å². The highest BCUT2D eigenvalue weighted by molar-refractivity contribution is 6.03. The van der Waals surface area contributed by atoms with E-state index in [9.17, 15) is 18.8 Å². The van der Waals surface area contributed by atoms with Crippen LogP contribution in [-0.2, 0) is 0 Å². The molecule has 9 nitrogen and oxygen atoms in total. The monoisotopic (exact) mass is 549 g/mol. The summed E-state index contributed by atoms with van der Waals surface area (Å²) < 4.78 is 18.8. The number of likely N-dealkylation sites (tertiary alicyclic amines) is 1. The van der Waals surface area contributed by atoms with Gasteiger partial charge in [0.1, 0.15) is 17.3 Å². The highest BCUT2D eigenvalue weighted by atomic mass is 19.1. The van der Waals surface area contributed by atoms with Gasteiger partial charge in [-0.15, -0.1) is 0 Å². The molecule has 1 saturated heterocycles. The lowest BCUT2D eigenvalue weighted by atomic mass is 9.88. The summed E-state index contributed by atoms with van der Waals surface area (Å²) in [5, 5.41) is 11.6. The van der Waals surface area contributed by atoms with Crippen LogP contribution >= 0.6 is 0 Å². The summed E-state index contributed by atoms with van der Waals surface area (Å²) in [4.78, 5) is 48.3. The molecule has 2 aromatic carbocycles. The van der Waals surface area contributed by atoms with Gasteiger partial charge in [0.15, 0.2) is 5.78 Å². The molecule has 0 spiro atoms. The van der Waals surface area contributed by atoms with Crippen molar-refractivity contribution < 1.29 is 23.5 Å². The van der Waals surface area contributed by atoms with Crippen molar-refractivity contribution in [3.63, 3.8) is 0 Å². The number of ketones is 1. The lowest BCUT2D eigenvalue weighted by molar-refractivity contribution is 0.0650. The number of hydrogen-bond acceptors (Lipinski definition) is 7. The van der Waals surface area contributed by atoms with Crippen LogP contribution in [0.1, 0.15) is 49.6 Å². The SMILES string of the molecule is N#Cc1ccc(Oc2ccc(NC(=O)c3ccc(C(=O)N4CCC(C(=O)c5ccc(F)cc5)CC4)cn3)cn2)cc1. The number of benzene rings is 2. The smallest absolute Gasteiger partial charge is 0.274 e. The van der Waals surface area contributed by atoms with Crippen LogP contribution in [-0.4, -0.2) is 45.6 Å². The van der Waals surface area contributed by atoms with Gasteiger partial charge in [-0.25, -0.2) is 9.37 Å². The van der Waals surface area contributed by atoms with Crippen LogP contribution in [0.4, 0.5) is 10.1 Å². The molecule has 0 saturated carbocycles. The maximum absolute atomic E-state index is 13.2. The molecule has 1 aliphatic rings. The van der Waals surface area contributed by atoms with E-state index in [2.05, 4.69) is 15.3 Å². The molecular weight excluding hydrogens is 525 g/mol. The van der Waals surface area contributed by atoms with Crippen molar-refractivity contribution in [1.29, 1.82) is 5.26 Å². The summed E-state index contributed by atoms with van der Waals surface area (Å²) in [7, 11) is 0. The minimum atomic E-state index is -0.466. The van der Waals surface area contributed by atoms with Crippen LogP contribution in [0.3, 0.4) is 0 Å². The Morgan fingerprint density at radius 1 is 0.878 bits per heavy atom. The first-order valence-corrected chi connectivity index (χ1v) is 12.9. The third kappa shape index (κ3) is 6.59. The van der Waals surface area contributed by atoms with Crippen LogP contribution in [0, 0.1) is 23.1 Å². The van der Waals surface area contributed by atoms with Gasteiger partial charge in [0, 0.05) is 36.8 Å². The molecule has 2 aromatic heterocycles. The molecule has 1 fully saturated rings. The maximum Gasteiger partial charge on any atom is 0.274 e. The fourth-order valence-corrected chi connectivity index (χ4v) is 4.46. The molecule has 0 unspecified atom stereocenters. The Morgan fingerprint density at radius 2 is 1.59 bits per heavy atom. The fraction of sp³-hybridized carbons (Fsp3) is 0.161. The van der Waals surface area contributed by atoms with Crippen molar-refractivity contribution in [1.82, 2.24) is 14.9 Å². The van der Waals surface area contributed by atoms with Crippen LogP contribution in [0.2, 0.25) is 0 Å². The Labute approximate surface area is 235 Å². The number of piperidine rings is 1. The number of amides is 2. The molecule has 0 atom stereocenters. The Kier molecular flexibility index (Phi) is 8.06. The summed E-state index contributed by atoms with van der Waals surface area (Å²) in [5.74, 6) is -0.506. The van der Waals surface area contributed by atoms with Crippen LogP contribution < -0.4 is 10.1 Å². The zero-order chi connectivity index (χ0) is 28.8. The molecule has 4 aromatic rings. The van der Waals surface area contributed by atoms with E-state index in [0.29, 0.717) is 59.9 Å². The topological polar surface area (TPSA) is 125 Å². The Hall–Kier alpha value is -5.43. The zero-order valence-electron chi connectivity index (χ0n) is 21.8. The number of nitriles is 1. The number of carbonyl (C=O) groups is 3. The number of anilines is 1. The Bertz CT molecular complexity index is 1590. The Balaban J connectivity index is 1.12. The number of nitrogens with zero attached hydrogens (tertiary/aromatic N) is 4. The lowest BCUT2D eigenvalue weighted by Gasteiger charge is -2.31. The van der Waals surface area contributed by atoms with Gasteiger partial charge >= 0.3 is 0 Å². The first-order valence-electron chi connectivity index (χ1n) is 12.9. The molecule has 10 heteroatoms. The van der Waals surface area contributed by atoms with Gasteiger partial charge < -0.3 is 15.0 Å². The third-order valence-electron chi connectivity index (χ3n) is 6.72. The molecule has 0 bridgehead atoms. The first-order chi connectivity index (χ1) is 19.9. The van der Waals surface area contributed by atoms with E-state index in [0.717, 1.165) is 0 Å². The number of aromatic nitrogens is 2. The number of nitrogens with one attached hydrogen (secondary N) is 1. The molecule has 2 amide bonds. The maximum atomic E-state index is 13.2. The van der Waals surface area contributed by atoms with E-state index in [1.165, 1.54) is 42.7 Å². The zero-order valence-corrected chi connectivity index (χ0v) is 21.8. The standard InChI is InChI=1S/C31H24FN5O4/c32-24-6-3-21(4-7-24)29(38)22-13-15-37(16-14-22)31(40)23-5-11-27(34-18-23)30(39)36-25-8-12-28(35-19-25)41-26-9-1-20(17-33)2-10-26/h1-12,18-19,22H,13-16H2,(H,36,39). The summed E-state index contributed by atoms with van der Waals surface area (Å²) in [5.41, 5.74) is 1.89. The molecule has 0 aliphatic carbocycles. The normalized spacial score (nSPS) is 13.2. The van der Waals surface area contributed by atoms with Crippen molar-refractivity contribution in [3.8, 4) is 17.7 Å². The molecule has 3 heterocycles. The molecular formula is C31H24FN5O4. The highest BCUT2D eigenvalue weighted by Crippen LogP contribution is 2.24. The second-order valence-electron chi connectivity index (χ2n) is 9.45. The summed E-state index contributed by atoms with van der Waals surface area (Å²) in [6.45, 7) is 0.827. The number of rotatable bonds is 7. The van der Waals surface area contributed by atoms with Crippen LogP contribution in [0.5, 0.6) is 11.6 Å². The van der Waals surface area contributed by atoms with E-state index >= 15 is 0 Å². The number of Topliss-reactive ketones (excluding diaryl/α,β-unsaturated/α-hetero) is 1. The molecule has 204 valence electrons. The van der Waals surface area contributed by atoms with Crippen molar-refractivity contribution in [3.05, 3.63) is 113 Å². The molecule has 5 rings (SSSR count). The molecule has 1 N–H and O–H groups in total. The fourth-order valence-electron chi connectivity index (χ4n) is 4.46. The predicted molar refractivity (Wildman–Crippen MR) is 147 cm³/mol. The van der Waals surface area contributed by atoms with Crippen LogP contribution in [0.15, 0.2) is 85.2 Å². The lowest BCUT2D eigenvalue weighted by Crippen LogP contribution is -2.40. The van der Waals surface area contributed by atoms with E-state index in [1.54, 1.807) is 47.4 Å². The van der Waals surface area contributed by atoms with Gasteiger partial charge in [-0.05, 0) is 79.6 Å². The van der Waals surface area contributed by atoms with Gasteiger partial charge in [0.2, 0.25) is 5.88 Å². The van der Waals surface area contributed by atoms with E-state index in [1.807, 2.05) is 6.07 Å². The minimum Gasteiger partial charge on any atom is -0.439 e. The number of ether oxygens (including phenoxy) is 1. The number of pyridine rings is 2.